The summed E-state index contributed by atoms with van der Waals surface area (Å²) in [6.45, 7) is 5.84. The number of nitrogens with one attached hydrogen (secondary N) is 2. The molecule has 0 bridgehead atoms. The molecule has 0 unspecified atom stereocenters. The van der Waals surface area contributed by atoms with Crippen LogP contribution in [0.1, 0.15) is 29.5 Å². The lowest BCUT2D eigenvalue weighted by Gasteiger charge is -2.13. The summed E-state index contributed by atoms with van der Waals surface area (Å²) in [4.78, 5) is 46.6. The lowest BCUT2D eigenvalue weighted by Crippen LogP contribution is -2.33. The van der Waals surface area contributed by atoms with Crippen LogP contribution in [0.15, 0.2) is 39.5 Å². The Morgan fingerprint density at radius 3 is 2.44 bits per heavy atom. The first-order chi connectivity index (χ1) is 15.2. The smallest absolute Gasteiger partial charge is 0.407 e. The maximum atomic E-state index is 12.2. The van der Waals surface area contributed by atoms with Crippen molar-refractivity contribution in [3.8, 4) is 0 Å². The predicted octanol–water partition coefficient (Wildman–Crippen LogP) is 2.96. The van der Waals surface area contributed by atoms with Crippen molar-refractivity contribution in [2.24, 2.45) is 0 Å². The van der Waals surface area contributed by atoms with Gasteiger partial charge in [0.05, 0.1) is 23.1 Å². The van der Waals surface area contributed by atoms with Gasteiger partial charge in [0.15, 0.2) is 5.58 Å². The summed E-state index contributed by atoms with van der Waals surface area (Å²) in [7, 11) is 0. The highest BCUT2D eigenvalue weighted by Crippen LogP contribution is 2.22. The average Bonchev–Trinajstić information content (AvgIpc) is 3.03. The van der Waals surface area contributed by atoms with Gasteiger partial charge in [-0.15, -0.1) is 0 Å². The molecule has 10 nitrogen and oxygen atoms in total. The molecule has 0 atom stereocenters. The number of carbonyl (C=O) groups is 2. The Bertz CT molecular complexity index is 1230. The number of anilines is 1. The van der Waals surface area contributed by atoms with Crippen molar-refractivity contribution in [1.29, 1.82) is 0 Å². The van der Waals surface area contributed by atoms with Gasteiger partial charge in [-0.1, -0.05) is 17.7 Å². The zero-order valence-corrected chi connectivity index (χ0v) is 18.1. The van der Waals surface area contributed by atoms with E-state index >= 15 is 0 Å². The molecule has 0 spiro atoms. The van der Waals surface area contributed by atoms with Gasteiger partial charge in [0, 0.05) is 24.7 Å². The normalized spacial score (nSPS) is 10.8. The Balaban J connectivity index is 1.51. The van der Waals surface area contributed by atoms with Crippen molar-refractivity contribution >= 4 is 34.3 Å². The summed E-state index contributed by atoms with van der Waals surface area (Å²) in [6, 6.07) is 7.87. The molecule has 0 saturated heterocycles. The van der Waals surface area contributed by atoms with Gasteiger partial charge in [-0.3, -0.25) is 24.3 Å². The molecule has 32 heavy (non-hydrogen) atoms. The molecular weight excluding hydrogens is 416 g/mol. The van der Waals surface area contributed by atoms with E-state index in [0.717, 1.165) is 22.4 Å². The molecule has 0 aliphatic rings. The van der Waals surface area contributed by atoms with Crippen LogP contribution < -0.4 is 16.4 Å². The second-order valence-corrected chi connectivity index (χ2v) is 7.63. The van der Waals surface area contributed by atoms with E-state index in [2.05, 4.69) is 10.6 Å². The maximum Gasteiger partial charge on any atom is 0.419 e. The number of benzene rings is 2. The molecule has 2 N–H and O–H groups in total. The number of hydrogen-bond acceptors (Lipinski definition) is 6. The van der Waals surface area contributed by atoms with Crippen molar-refractivity contribution in [2.45, 2.75) is 40.2 Å². The Labute approximate surface area is 183 Å². The number of rotatable bonds is 8. The fourth-order valence-corrected chi connectivity index (χ4v) is 3.61. The molecule has 0 saturated carbocycles. The first kappa shape index (κ1) is 22.7. The molecule has 3 aromatic rings. The fourth-order valence-electron chi connectivity index (χ4n) is 3.61. The van der Waals surface area contributed by atoms with Gasteiger partial charge in [-0.2, -0.15) is 0 Å². The van der Waals surface area contributed by atoms with Crippen molar-refractivity contribution in [1.82, 2.24) is 9.88 Å². The largest absolute Gasteiger partial charge is 0.419 e. The number of oxazole rings is 1. The van der Waals surface area contributed by atoms with Crippen LogP contribution in [0, 0.1) is 30.9 Å². The number of aryl methyl sites for hydroxylation is 4. The van der Waals surface area contributed by atoms with E-state index in [9.17, 15) is 24.5 Å². The average molecular weight is 440 g/mol. The van der Waals surface area contributed by atoms with Gasteiger partial charge < -0.3 is 15.1 Å². The molecule has 168 valence electrons. The highest BCUT2D eigenvalue weighted by atomic mass is 16.6. The molecule has 0 radical (unpaired) electrons. The van der Waals surface area contributed by atoms with Gasteiger partial charge in [0.2, 0.25) is 11.8 Å². The summed E-state index contributed by atoms with van der Waals surface area (Å²) in [5.74, 6) is -1.30. The van der Waals surface area contributed by atoms with Gasteiger partial charge >= 0.3 is 5.76 Å². The fraction of sp³-hybridized carbons (Fsp3) is 0.318. The molecule has 2 amide bonds. The minimum Gasteiger partial charge on any atom is -0.407 e. The molecule has 0 aliphatic carbocycles. The molecule has 10 heteroatoms. The van der Waals surface area contributed by atoms with Crippen LogP contribution in [0.3, 0.4) is 0 Å². The van der Waals surface area contributed by atoms with Crippen LogP contribution in [0.25, 0.3) is 11.1 Å². The molecule has 1 heterocycles. The van der Waals surface area contributed by atoms with E-state index in [0.29, 0.717) is 11.9 Å². The number of carbonyl (C=O) groups excluding carboxylic acids is 2. The van der Waals surface area contributed by atoms with E-state index < -0.39 is 10.7 Å². The van der Waals surface area contributed by atoms with E-state index in [1.54, 1.807) is 0 Å². The molecule has 0 aliphatic heterocycles. The minimum absolute atomic E-state index is 0.0992. The molecule has 2 aromatic carbocycles. The summed E-state index contributed by atoms with van der Waals surface area (Å²) >= 11 is 0. The molecule has 0 fully saturated rings. The van der Waals surface area contributed by atoms with Crippen molar-refractivity contribution < 1.29 is 18.9 Å². The first-order valence-corrected chi connectivity index (χ1v) is 10.1. The van der Waals surface area contributed by atoms with E-state index in [-0.39, 0.29) is 42.6 Å². The summed E-state index contributed by atoms with van der Waals surface area (Å²) < 4.78 is 6.38. The van der Waals surface area contributed by atoms with Crippen molar-refractivity contribution in [3.05, 3.63) is 67.7 Å². The highest BCUT2D eigenvalue weighted by molar-refractivity contribution is 5.95. The van der Waals surface area contributed by atoms with Crippen LogP contribution >= 0.6 is 0 Å². The summed E-state index contributed by atoms with van der Waals surface area (Å²) in [5, 5.41) is 16.2. The Morgan fingerprint density at radius 1 is 1.09 bits per heavy atom. The topological polar surface area (TPSA) is 136 Å². The van der Waals surface area contributed by atoms with E-state index in [1.807, 2.05) is 32.9 Å². The molecule has 1 aromatic heterocycles. The van der Waals surface area contributed by atoms with Crippen LogP contribution in [0.2, 0.25) is 0 Å². The zero-order valence-electron chi connectivity index (χ0n) is 18.1. The van der Waals surface area contributed by atoms with Crippen LogP contribution in [0.5, 0.6) is 0 Å². The molecule has 3 rings (SSSR count). The number of aromatic nitrogens is 1. The third kappa shape index (κ3) is 5.20. The zero-order chi connectivity index (χ0) is 23.4. The summed E-state index contributed by atoms with van der Waals surface area (Å²) in [6.07, 6.45) is 0.428. The SMILES string of the molecule is Cc1cc(C)c(NC(=O)CNC(=O)CCCn2c(=O)oc3cc([N+](=O)[O-])ccc32)c(C)c1. The third-order valence-corrected chi connectivity index (χ3v) is 5.04. The number of nitrogens with zero attached hydrogens (tertiary/aromatic N) is 2. The lowest BCUT2D eigenvalue weighted by atomic mass is 10.1. The predicted molar refractivity (Wildman–Crippen MR) is 119 cm³/mol. The standard InChI is InChI=1S/C22H24N4O6/c1-13-9-14(2)21(15(3)10-13)24-20(28)12-23-19(27)5-4-8-25-17-7-6-16(26(30)31)11-18(17)32-22(25)29/h6-7,9-11H,4-5,8,12H2,1-3H3,(H,23,27)(H,24,28). The monoisotopic (exact) mass is 440 g/mol. The van der Waals surface area contributed by atoms with Crippen molar-refractivity contribution in [2.75, 3.05) is 11.9 Å². The van der Waals surface area contributed by atoms with Crippen LogP contribution in [-0.4, -0.2) is 27.8 Å². The summed E-state index contributed by atoms with van der Waals surface area (Å²) in [5.41, 5.74) is 4.11. The number of amides is 2. The Morgan fingerprint density at radius 2 is 1.78 bits per heavy atom. The lowest BCUT2D eigenvalue weighted by molar-refractivity contribution is -0.384. The van der Waals surface area contributed by atoms with Crippen LogP contribution in [0.4, 0.5) is 11.4 Å². The molecular formula is C22H24N4O6. The minimum atomic E-state index is -0.649. The number of nitro groups is 1. The Kier molecular flexibility index (Phi) is 6.72. The number of non-ortho nitro benzene ring substituents is 1. The van der Waals surface area contributed by atoms with Gasteiger partial charge in [0.1, 0.15) is 0 Å². The number of nitro benzene ring substituents is 1. The number of hydrogen-bond donors (Lipinski definition) is 2. The first-order valence-electron chi connectivity index (χ1n) is 10.1. The Hall–Kier alpha value is -3.95. The quantitative estimate of drug-likeness (QED) is 0.408. The van der Waals surface area contributed by atoms with Crippen molar-refractivity contribution in [3.63, 3.8) is 0 Å². The van der Waals surface area contributed by atoms with Gasteiger partial charge in [-0.25, -0.2) is 4.79 Å². The second kappa shape index (κ2) is 9.46. The van der Waals surface area contributed by atoms with E-state index in [1.165, 1.54) is 22.8 Å². The maximum absolute atomic E-state index is 12.2. The van der Waals surface area contributed by atoms with Gasteiger partial charge in [0.25, 0.3) is 5.69 Å². The van der Waals surface area contributed by atoms with E-state index in [4.69, 9.17) is 4.42 Å². The number of fused-ring (bicyclic) bond motifs is 1. The van der Waals surface area contributed by atoms with Gasteiger partial charge in [-0.05, 0) is 44.4 Å². The third-order valence-electron chi connectivity index (χ3n) is 5.04. The van der Waals surface area contributed by atoms with Crippen LogP contribution in [-0.2, 0) is 16.1 Å². The highest BCUT2D eigenvalue weighted by Gasteiger charge is 2.15. The second-order valence-electron chi connectivity index (χ2n) is 7.63.